The van der Waals surface area contributed by atoms with Crippen molar-refractivity contribution < 1.29 is 4.39 Å². The third-order valence-electron chi connectivity index (χ3n) is 2.75. The van der Waals surface area contributed by atoms with Crippen molar-refractivity contribution in [2.24, 2.45) is 4.99 Å². The van der Waals surface area contributed by atoms with Gasteiger partial charge in [0.25, 0.3) is 0 Å². The normalized spacial score (nSPS) is 13.3. The van der Waals surface area contributed by atoms with Crippen molar-refractivity contribution >= 4 is 29.3 Å². The molecule has 0 amide bonds. The van der Waals surface area contributed by atoms with Crippen LogP contribution < -0.4 is 9.62 Å². The number of aromatic nitrogens is 1. The first-order chi connectivity index (χ1) is 9.24. The Kier molecular flexibility index (Phi) is 3.08. The van der Waals surface area contributed by atoms with Gasteiger partial charge in [-0.15, -0.1) is 0 Å². The Morgan fingerprint density at radius 2 is 2.21 bits per heavy atom. The van der Waals surface area contributed by atoms with Crippen LogP contribution in [0.3, 0.4) is 0 Å². The van der Waals surface area contributed by atoms with E-state index in [2.05, 4.69) is 14.7 Å². The van der Waals surface area contributed by atoms with Crippen LogP contribution in [-0.4, -0.2) is 18.0 Å². The second-order valence-electron chi connectivity index (χ2n) is 4.02. The SMILES string of the molecule is CN(C1=Nc2cc(F)ccc2SN1)c1cccnc1. The summed E-state index contributed by atoms with van der Waals surface area (Å²) in [5, 5.41) is 0. The number of anilines is 1. The molecule has 3 rings (SSSR count). The number of rotatable bonds is 1. The number of benzene rings is 1. The molecule has 6 heteroatoms. The van der Waals surface area contributed by atoms with Crippen LogP contribution >= 0.6 is 11.9 Å². The van der Waals surface area contributed by atoms with Gasteiger partial charge in [0.1, 0.15) is 5.82 Å². The number of pyridine rings is 1. The van der Waals surface area contributed by atoms with E-state index in [0.29, 0.717) is 11.6 Å². The summed E-state index contributed by atoms with van der Waals surface area (Å²) in [7, 11) is 1.88. The lowest BCUT2D eigenvalue weighted by Crippen LogP contribution is -2.36. The van der Waals surface area contributed by atoms with Crippen molar-refractivity contribution in [2.75, 3.05) is 11.9 Å². The molecule has 0 radical (unpaired) electrons. The zero-order valence-electron chi connectivity index (χ0n) is 10.2. The smallest absolute Gasteiger partial charge is 0.214 e. The number of hydrogen-bond donors (Lipinski definition) is 1. The zero-order chi connectivity index (χ0) is 13.2. The molecule has 0 bridgehead atoms. The number of nitrogens with zero attached hydrogens (tertiary/aromatic N) is 3. The van der Waals surface area contributed by atoms with Crippen molar-refractivity contribution in [2.45, 2.75) is 4.90 Å². The van der Waals surface area contributed by atoms with Crippen LogP contribution in [0, 0.1) is 5.82 Å². The summed E-state index contributed by atoms with van der Waals surface area (Å²) in [6, 6.07) is 8.37. The van der Waals surface area contributed by atoms with E-state index in [-0.39, 0.29) is 5.82 Å². The van der Waals surface area contributed by atoms with Crippen molar-refractivity contribution in [1.29, 1.82) is 0 Å². The highest BCUT2D eigenvalue weighted by atomic mass is 32.2. The Hall–Kier alpha value is -2.08. The number of nitrogens with one attached hydrogen (secondary N) is 1. The van der Waals surface area contributed by atoms with E-state index in [0.717, 1.165) is 10.6 Å². The fraction of sp³-hybridized carbons (Fsp3) is 0.0769. The Morgan fingerprint density at radius 3 is 3.00 bits per heavy atom. The number of aliphatic imine (C=N–C) groups is 1. The summed E-state index contributed by atoms with van der Waals surface area (Å²) in [6.07, 6.45) is 3.46. The highest BCUT2D eigenvalue weighted by Crippen LogP contribution is 2.32. The van der Waals surface area contributed by atoms with Gasteiger partial charge in [-0.2, -0.15) is 0 Å². The van der Waals surface area contributed by atoms with E-state index in [1.165, 1.54) is 24.1 Å². The van der Waals surface area contributed by atoms with Gasteiger partial charge >= 0.3 is 0 Å². The summed E-state index contributed by atoms with van der Waals surface area (Å²) in [6.45, 7) is 0. The summed E-state index contributed by atoms with van der Waals surface area (Å²) in [4.78, 5) is 11.3. The second kappa shape index (κ2) is 4.89. The molecule has 1 aromatic carbocycles. The van der Waals surface area contributed by atoms with E-state index in [4.69, 9.17) is 0 Å². The molecule has 1 aromatic heterocycles. The predicted molar refractivity (Wildman–Crippen MR) is 75.1 cm³/mol. The molecule has 19 heavy (non-hydrogen) atoms. The van der Waals surface area contributed by atoms with Crippen LogP contribution in [0.1, 0.15) is 0 Å². The average molecular weight is 274 g/mol. The van der Waals surface area contributed by atoms with Gasteiger partial charge in [0.2, 0.25) is 5.96 Å². The summed E-state index contributed by atoms with van der Waals surface area (Å²) in [5.74, 6) is 0.365. The summed E-state index contributed by atoms with van der Waals surface area (Å²) < 4.78 is 16.4. The van der Waals surface area contributed by atoms with Gasteiger partial charge in [-0.05, 0) is 36.2 Å². The minimum atomic E-state index is -0.284. The third kappa shape index (κ3) is 2.39. The Bertz CT molecular complexity index is 630. The molecule has 0 saturated carbocycles. The fourth-order valence-electron chi connectivity index (χ4n) is 1.72. The molecule has 1 N–H and O–H groups in total. The Balaban J connectivity index is 1.95. The van der Waals surface area contributed by atoms with E-state index in [9.17, 15) is 4.39 Å². The molecule has 0 atom stereocenters. The molecule has 96 valence electrons. The molecule has 0 spiro atoms. The van der Waals surface area contributed by atoms with Gasteiger partial charge < -0.3 is 4.90 Å². The largest absolute Gasteiger partial charge is 0.313 e. The summed E-state index contributed by atoms with van der Waals surface area (Å²) in [5.41, 5.74) is 1.55. The molecule has 2 heterocycles. The molecule has 4 nitrogen and oxygen atoms in total. The monoisotopic (exact) mass is 274 g/mol. The van der Waals surface area contributed by atoms with Gasteiger partial charge in [0, 0.05) is 19.3 Å². The van der Waals surface area contributed by atoms with Crippen LogP contribution in [0.5, 0.6) is 0 Å². The van der Waals surface area contributed by atoms with Crippen LogP contribution in [0.15, 0.2) is 52.6 Å². The molecular weight excluding hydrogens is 263 g/mol. The van der Waals surface area contributed by atoms with E-state index >= 15 is 0 Å². The van der Waals surface area contributed by atoms with Gasteiger partial charge in [-0.3, -0.25) is 9.71 Å². The van der Waals surface area contributed by atoms with Gasteiger partial charge in [-0.1, -0.05) is 0 Å². The molecule has 2 aromatic rings. The van der Waals surface area contributed by atoms with E-state index in [1.807, 2.05) is 24.1 Å². The number of hydrogen-bond acceptors (Lipinski definition) is 5. The summed E-state index contributed by atoms with van der Waals surface area (Å²) >= 11 is 1.42. The highest BCUT2D eigenvalue weighted by Gasteiger charge is 2.16. The van der Waals surface area contributed by atoms with Crippen molar-refractivity contribution in [1.82, 2.24) is 9.71 Å². The van der Waals surface area contributed by atoms with Crippen molar-refractivity contribution in [3.8, 4) is 0 Å². The number of halogens is 1. The maximum atomic E-state index is 13.2. The minimum absolute atomic E-state index is 0.284. The second-order valence-corrected chi connectivity index (χ2v) is 4.87. The Morgan fingerprint density at radius 1 is 1.32 bits per heavy atom. The first-order valence-electron chi connectivity index (χ1n) is 5.69. The van der Waals surface area contributed by atoms with Crippen LogP contribution in [0.4, 0.5) is 15.8 Å². The van der Waals surface area contributed by atoms with Gasteiger partial charge in [-0.25, -0.2) is 9.38 Å². The molecule has 1 aliphatic heterocycles. The standard InChI is InChI=1S/C13H11FN4S/c1-18(10-3-2-6-15-8-10)13-16-11-7-9(14)4-5-12(11)19-17-13/h2-8H,1H3,(H,16,17). The highest BCUT2D eigenvalue weighted by molar-refractivity contribution is 7.98. The van der Waals surface area contributed by atoms with E-state index < -0.39 is 0 Å². The fourth-order valence-corrected chi connectivity index (χ4v) is 2.45. The molecule has 0 fully saturated rings. The first-order valence-corrected chi connectivity index (χ1v) is 6.50. The lowest BCUT2D eigenvalue weighted by atomic mass is 10.3. The van der Waals surface area contributed by atoms with Crippen LogP contribution in [-0.2, 0) is 0 Å². The molecule has 0 aliphatic carbocycles. The van der Waals surface area contributed by atoms with Crippen LogP contribution in [0.25, 0.3) is 0 Å². The molecular formula is C13H11FN4S. The molecule has 0 unspecified atom stereocenters. The zero-order valence-corrected chi connectivity index (χ0v) is 11.0. The minimum Gasteiger partial charge on any atom is -0.313 e. The number of fused-ring (bicyclic) bond motifs is 1. The average Bonchev–Trinajstić information content (AvgIpc) is 2.46. The third-order valence-corrected chi connectivity index (χ3v) is 3.60. The quantitative estimate of drug-likeness (QED) is 0.812. The maximum absolute atomic E-state index is 13.2. The molecule has 0 saturated heterocycles. The lowest BCUT2D eigenvalue weighted by Gasteiger charge is -2.24. The number of guanidine groups is 1. The topological polar surface area (TPSA) is 40.5 Å². The lowest BCUT2D eigenvalue weighted by molar-refractivity contribution is 0.627. The van der Waals surface area contributed by atoms with Gasteiger partial charge in [0.15, 0.2) is 0 Å². The van der Waals surface area contributed by atoms with Crippen molar-refractivity contribution in [3.63, 3.8) is 0 Å². The van der Waals surface area contributed by atoms with Crippen LogP contribution in [0.2, 0.25) is 0 Å². The van der Waals surface area contributed by atoms with Crippen molar-refractivity contribution in [3.05, 3.63) is 48.5 Å². The molecule has 1 aliphatic rings. The maximum Gasteiger partial charge on any atom is 0.214 e. The van der Waals surface area contributed by atoms with E-state index in [1.54, 1.807) is 18.5 Å². The Labute approximate surface area is 114 Å². The first kappa shape index (κ1) is 12.0. The predicted octanol–water partition coefficient (Wildman–Crippen LogP) is 2.95. The van der Waals surface area contributed by atoms with Gasteiger partial charge in [0.05, 0.1) is 22.5 Å².